The normalized spacial score (nSPS) is 22.3. The van der Waals surface area contributed by atoms with Gasteiger partial charge in [-0.15, -0.1) is 0 Å². The number of piperidine rings is 2. The van der Waals surface area contributed by atoms with E-state index in [2.05, 4.69) is 34.3 Å². The van der Waals surface area contributed by atoms with E-state index < -0.39 is 0 Å². The van der Waals surface area contributed by atoms with Gasteiger partial charge in [0.2, 0.25) is 0 Å². The zero-order valence-corrected chi connectivity index (χ0v) is 15.2. The summed E-state index contributed by atoms with van der Waals surface area (Å²) in [6.07, 6.45) is 6.43. The standard InChI is InChI=1S/C20H29N5/c1-24-11-7-8-16(15-24)14-21-19-20(25-12-5-2-6-13-25)23-18-10-4-3-9-17(18)22-19/h3-4,9-10,16H,2,5-8,11-15H2,1H3,(H,21,22). The molecule has 2 aromatic rings. The summed E-state index contributed by atoms with van der Waals surface area (Å²) < 4.78 is 0. The first-order valence-electron chi connectivity index (χ1n) is 9.74. The highest BCUT2D eigenvalue weighted by Gasteiger charge is 2.21. The van der Waals surface area contributed by atoms with E-state index in [4.69, 9.17) is 9.97 Å². The van der Waals surface area contributed by atoms with Crippen LogP contribution in [0.25, 0.3) is 11.0 Å². The minimum absolute atomic E-state index is 0.696. The van der Waals surface area contributed by atoms with Gasteiger partial charge in [0.05, 0.1) is 11.0 Å². The molecule has 2 fully saturated rings. The highest BCUT2D eigenvalue weighted by atomic mass is 15.2. The first-order valence-corrected chi connectivity index (χ1v) is 9.74. The van der Waals surface area contributed by atoms with E-state index in [1.807, 2.05) is 12.1 Å². The number of rotatable bonds is 4. The van der Waals surface area contributed by atoms with Gasteiger partial charge in [-0.2, -0.15) is 0 Å². The van der Waals surface area contributed by atoms with Gasteiger partial charge in [-0.3, -0.25) is 0 Å². The van der Waals surface area contributed by atoms with Crippen LogP contribution in [0.3, 0.4) is 0 Å². The van der Waals surface area contributed by atoms with Crippen LogP contribution < -0.4 is 10.2 Å². The molecule has 3 heterocycles. The Morgan fingerprint density at radius 1 is 1.00 bits per heavy atom. The third-order valence-corrected chi connectivity index (χ3v) is 5.49. The van der Waals surface area contributed by atoms with Crippen molar-refractivity contribution in [3.8, 4) is 0 Å². The fourth-order valence-corrected chi connectivity index (χ4v) is 4.12. The van der Waals surface area contributed by atoms with Gasteiger partial charge in [-0.1, -0.05) is 12.1 Å². The molecule has 2 aliphatic rings. The monoisotopic (exact) mass is 339 g/mol. The molecule has 0 saturated carbocycles. The van der Waals surface area contributed by atoms with Crippen LogP contribution in [-0.4, -0.2) is 54.6 Å². The fraction of sp³-hybridized carbons (Fsp3) is 0.600. The summed E-state index contributed by atoms with van der Waals surface area (Å²) in [6.45, 7) is 5.57. The van der Waals surface area contributed by atoms with E-state index in [1.54, 1.807) is 0 Å². The Kier molecular flexibility index (Phi) is 5.02. The zero-order chi connectivity index (χ0) is 17.1. The molecule has 1 aromatic heterocycles. The van der Waals surface area contributed by atoms with Gasteiger partial charge in [0.25, 0.3) is 0 Å². The fourth-order valence-electron chi connectivity index (χ4n) is 4.12. The molecule has 1 N–H and O–H groups in total. The van der Waals surface area contributed by atoms with E-state index in [9.17, 15) is 0 Å². The van der Waals surface area contributed by atoms with Crippen molar-refractivity contribution in [2.24, 2.45) is 5.92 Å². The lowest BCUT2D eigenvalue weighted by molar-refractivity contribution is 0.217. The van der Waals surface area contributed by atoms with E-state index in [1.165, 1.54) is 45.2 Å². The quantitative estimate of drug-likeness (QED) is 0.925. The van der Waals surface area contributed by atoms with Crippen molar-refractivity contribution in [2.45, 2.75) is 32.1 Å². The number of benzene rings is 1. The Labute approximate surface area is 150 Å². The number of para-hydroxylation sites is 2. The zero-order valence-electron chi connectivity index (χ0n) is 15.2. The van der Waals surface area contributed by atoms with Gasteiger partial charge < -0.3 is 15.1 Å². The second kappa shape index (κ2) is 7.56. The number of nitrogens with one attached hydrogen (secondary N) is 1. The average molecular weight is 339 g/mol. The summed E-state index contributed by atoms with van der Waals surface area (Å²) in [6, 6.07) is 8.21. The van der Waals surface area contributed by atoms with Crippen molar-refractivity contribution in [1.82, 2.24) is 14.9 Å². The van der Waals surface area contributed by atoms with Crippen molar-refractivity contribution in [3.05, 3.63) is 24.3 Å². The van der Waals surface area contributed by atoms with Crippen LogP contribution in [0.5, 0.6) is 0 Å². The SMILES string of the molecule is CN1CCCC(CNc2nc3ccccc3nc2N2CCCCC2)C1. The van der Waals surface area contributed by atoms with Crippen molar-refractivity contribution < 1.29 is 0 Å². The third-order valence-electron chi connectivity index (χ3n) is 5.49. The highest BCUT2D eigenvalue weighted by Crippen LogP contribution is 2.28. The second-order valence-corrected chi connectivity index (χ2v) is 7.58. The van der Waals surface area contributed by atoms with Gasteiger partial charge in [0.1, 0.15) is 0 Å². The molecule has 0 radical (unpaired) electrons. The summed E-state index contributed by atoms with van der Waals surface area (Å²) >= 11 is 0. The van der Waals surface area contributed by atoms with Crippen LogP contribution in [0, 0.1) is 5.92 Å². The number of hydrogen-bond donors (Lipinski definition) is 1. The number of fused-ring (bicyclic) bond motifs is 1. The van der Waals surface area contributed by atoms with E-state index in [-0.39, 0.29) is 0 Å². The molecule has 134 valence electrons. The number of hydrogen-bond acceptors (Lipinski definition) is 5. The molecule has 5 nitrogen and oxygen atoms in total. The topological polar surface area (TPSA) is 44.3 Å². The Morgan fingerprint density at radius 2 is 1.76 bits per heavy atom. The van der Waals surface area contributed by atoms with Crippen LogP contribution in [0.15, 0.2) is 24.3 Å². The molecule has 1 atom stereocenters. The molecule has 0 amide bonds. The smallest absolute Gasteiger partial charge is 0.172 e. The molecule has 5 heteroatoms. The number of likely N-dealkylation sites (tertiary alicyclic amines) is 1. The van der Waals surface area contributed by atoms with Crippen LogP contribution >= 0.6 is 0 Å². The molecule has 0 bridgehead atoms. The predicted molar refractivity (Wildman–Crippen MR) is 104 cm³/mol. The number of aromatic nitrogens is 2. The summed E-state index contributed by atoms with van der Waals surface area (Å²) in [5, 5.41) is 3.65. The molecule has 25 heavy (non-hydrogen) atoms. The molecule has 1 unspecified atom stereocenters. The molecular formula is C20H29N5. The summed E-state index contributed by atoms with van der Waals surface area (Å²) in [4.78, 5) is 14.7. The van der Waals surface area contributed by atoms with Crippen LogP contribution in [0.1, 0.15) is 32.1 Å². The van der Waals surface area contributed by atoms with E-state index in [0.717, 1.165) is 42.3 Å². The first kappa shape index (κ1) is 16.6. The van der Waals surface area contributed by atoms with Crippen molar-refractivity contribution in [2.75, 3.05) is 50.0 Å². The summed E-state index contributed by atoms with van der Waals surface area (Å²) in [7, 11) is 2.22. The molecule has 1 aromatic carbocycles. The number of anilines is 2. The lowest BCUT2D eigenvalue weighted by atomic mass is 9.98. The van der Waals surface area contributed by atoms with Crippen molar-refractivity contribution >= 4 is 22.7 Å². The van der Waals surface area contributed by atoms with Gasteiger partial charge in [-0.05, 0) is 63.7 Å². The largest absolute Gasteiger partial charge is 0.367 e. The molecule has 0 spiro atoms. The maximum Gasteiger partial charge on any atom is 0.172 e. The molecule has 4 rings (SSSR count). The average Bonchev–Trinajstić information content (AvgIpc) is 2.66. The third kappa shape index (κ3) is 3.87. The maximum atomic E-state index is 4.97. The van der Waals surface area contributed by atoms with E-state index >= 15 is 0 Å². The lowest BCUT2D eigenvalue weighted by Gasteiger charge is -2.31. The first-order chi connectivity index (χ1) is 12.3. The van der Waals surface area contributed by atoms with Crippen molar-refractivity contribution in [1.29, 1.82) is 0 Å². The van der Waals surface area contributed by atoms with Crippen LogP contribution in [-0.2, 0) is 0 Å². The summed E-state index contributed by atoms with van der Waals surface area (Å²) in [5.74, 6) is 2.71. The predicted octanol–water partition coefficient (Wildman–Crippen LogP) is 3.37. The molecule has 2 saturated heterocycles. The Hall–Kier alpha value is -1.88. The van der Waals surface area contributed by atoms with Crippen molar-refractivity contribution in [3.63, 3.8) is 0 Å². The lowest BCUT2D eigenvalue weighted by Crippen LogP contribution is -2.36. The minimum Gasteiger partial charge on any atom is -0.367 e. The van der Waals surface area contributed by atoms with E-state index in [0.29, 0.717) is 5.92 Å². The van der Waals surface area contributed by atoms with Gasteiger partial charge in [0, 0.05) is 26.2 Å². The second-order valence-electron chi connectivity index (χ2n) is 7.58. The van der Waals surface area contributed by atoms with Crippen LogP contribution in [0.4, 0.5) is 11.6 Å². The Morgan fingerprint density at radius 3 is 2.52 bits per heavy atom. The number of nitrogens with zero attached hydrogens (tertiary/aromatic N) is 4. The Balaban J connectivity index is 1.58. The summed E-state index contributed by atoms with van der Waals surface area (Å²) in [5.41, 5.74) is 1.97. The Bertz CT molecular complexity index is 710. The molecule has 2 aliphatic heterocycles. The van der Waals surface area contributed by atoms with Crippen LogP contribution in [0.2, 0.25) is 0 Å². The molecule has 0 aliphatic carbocycles. The van der Waals surface area contributed by atoms with Gasteiger partial charge in [-0.25, -0.2) is 9.97 Å². The van der Waals surface area contributed by atoms with Gasteiger partial charge in [0.15, 0.2) is 11.6 Å². The maximum absolute atomic E-state index is 4.97. The minimum atomic E-state index is 0.696. The highest BCUT2D eigenvalue weighted by molar-refractivity contribution is 5.80. The molecular weight excluding hydrogens is 310 g/mol. The van der Waals surface area contributed by atoms with Gasteiger partial charge >= 0.3 is 0 Å².